The number of quaternary nitrogens is 1. The zero-order chi connectivity index (χ0) is 18.6. The van der Waals surface area contributed by atoms with E-state index < -0.39 is 17.6 Å². The molecule has 0 atom stereocenters. The van der Waals surface area contributed by atoms with E-state index in [4.69, 9.17) is 0 Å². The molecule has 2 N–H and O–H groups in total. The quantitative estimate of drug-likeness (QED) is 0.842. The van der Waals surface area contributed by atoms with E-state index >= 15 is 0 Å². The Labute approximate surface area is 150 Å². The van der Waals surface area contributed by atoms with E-state index in [1.165, 1.54) is 43.6 Å². The summed E-state index contributed by atoms with van der Waals surface area (Å²) in [6.45, 7) is 3.73. The summed E-state index contributed by atoms with van der Waals surface area (Å²) in [5, 5.41) is 2.67. The third-order valence-corrected chi connectivity index (χ3v) is 4.69. The van der Waals surface area contributed by atoms with Gasteiger partial charge in [0.1, 0.15) is 6.54 Å². The van der Waals surface area contributed by atoms with Crippen LogP contribution in [0.3, 0.4) is 0 Å². The van der Waals surface area contributed by atoms with Crippen LogP contribution in [0.1, 0.15) is 39.9 Å². The number of hydrogen-bond acceptors (Lipinski definition) is 1. The van der Waals surface area contributed by atoms with Crippen molar-refractivity contribution in [1.29, 1.82) is 0 Å². The first-order chi connectivity index (χ1) is 12.4. The third kappa shape index (κ3) is 4.85. The maximum absolute atomic E-state index is 12.7. The number of benzene rings is 2. The Balaban J connectivity index is 1.56. The Morgan fingerprint density at radius 1 is 1.00 bits per heavy atom. The van der Waals surface area contributed by atoms with E-state index in [0.29, 0.717) is 0 Å². The molecule has 1 saturated heterocycles. The summed E-state index contributed by atoms with van der Waals surface area (Å²) in [5.74, 6) is -0.512. The summed E-state index contributed by atoms with van der Waals surface area (Å²) >= 11 is 0. The van der Waals surface area contributed by atoms with Crippen LogP contribution in [0.5, 0.6) is 0 Å². The van der Waals surface area contributed by atoms with Crippen LogP contribution in [0, 0.1) is 0 Å². The summed E-state index contributed by atoms with van der Waals surface area (Å²) < 4.78 is 38.2. The number of alkyl halides is 3. The van der Waals surface area contributed by atoms with Gasteiger partial charge in [0, 0.05) is 30.5 Å². The molecule has 2 aromatic carbocycles. The van der Waals surface area contributed by atoms with Crippen molar-refractivity contribution in [1.82, 2.24) is 5.32 Å². The second kappa shape index (κ2) is 7.91. The topological polar surface area (TPSA) is 33.5 Å². The van der Waals surface area contributed by atoms with Crippen molar-refractivity contribution in [3.63, 3.8) is 0 Å². The number of nitrogens with one attached hydrogen (secondary N) is 2. The van der Waals surface area contributed by atoms with Gasteiger partial charge in [0.2, 0.25) is 0 Å². The molecule has 3 nitrogen and oxygen atoms in total. The van der Waals surface area contributed by atoms with Gasteiger partial charge in [0.05, 0.1) is 18.7 Å². The van der Waals surface area contributed by atoms with Crippen LogP contribution in [-0.4, -0.2) is 19.0 Å². The van der Waals surface area contributed by atoms with Crippen molar-refractivity contribution in [2.24, 2.45) is 0 Å². The van der Waals surface area contributed by atoms with Crippen LogP contribution in [0.4, 0.5) is 13.2 Å². The lowest BCUT2D eigenvalue weighted by atomic mass is 10.1. The highest BCUT2D eigenvalue weighted by molar-refractivity contribution is 5.94. The van der Waals surface area contributed by atoms with Gasteiger partial charge in [-0.2, -0.15) is 13.2 Å². The zero-order valence-electron chi connectivity index (χ0n) is 14.4. The average molecular weight is 363 g/mol. The van der Waals surface area contributed by atoms with Gasteiger partial charge >= 0.3 is 6.18 Å². The fourth-order valence-electron chi connectivity index (χ4n) is 3.24. The molecule has 0 radical (unpaired) electrons. The molecule has 1 aliphatic heterocycles. The molecule has 1 aliphatic rings. The van der Waals surface area contributed by atoms with Crippen molar-refractivity contribution < 1.29 is 22.9 Å². The SMILES string of the molecule is O=C(NCc1ccc(C[NH+]2CCCC2)cc1)c1cccc(C(F)(F)F)c1. The third-order valence-electron chi connectivity index (χ3n) is 4.69. The lowest BCUT2D eigenvalue weighted by Gasteiger charge is -2.12. The predicted molar refractivity (Wildman–Crippen MR) is 92.7 cm³/mol. The maximum atomic E-state index is 12.7. The van der Waals surface area contributed by atoms with Crippen LogP contribution >= 0.6 is 0 Å². The summed E-state index contributed by atoms with van der Waals surface area (Å²) in [6, 6.07) is 12.5. The molecule has 1 amide bonds. The van der Waals surface area contributed by atoms with Gasteiger partial charge in [-0.25, -0.2) is 0 Å². The molecule has 0 spiro atoms. The molecule has 3 rings (SSSR count). The van der Waals surface area contributed by atoms with Gasteiger partial charge in [-0.05, 0) is 23.8 Å². The Kier molecular flexibility index (Phi) is 5.61. The van der Waals surface area contributed by atoms with E-state index in [1.807, 2.05) is 12.1 Å². The van der Waals surface area contributed by atoms with Crippen LogP contribution in [0.15, 0.2) is 48.5 Å². The highest BCUT2D eigenvalue weighted by Crippen LogP contribution is 2.29. The molecule has 6 heteroatoms. The van der Waals surface area contributed by atoms with E-state index in [9.17, 15) is 18.0 Å². The minimum atomic E-state index is -4.45. The minimum absolute atomic E-state index is 0.00841. The van der Waals surface area contributed by atoms with Crippen molar-refractivity contribution in [3.8, 4) is 0 Å². The van der Waals surface area contributed by atoms with Gasteiger partial charge in [-0.1, -0.05) is 30.3 Å². The molecule has 26 heavy (non-hydrogen) atoms. The molecule has 0 saturated carbocycles. The van der Waals surface area contributed by atoms with E-state index in [2.05, 4.69) is 17.4 Å². The highest BCUT2D eigenvalue weighted by atomic mass is 19.4. The molecule has 0 aromatic heterocycles. The van der Waals surface area contributed by atoms with Gasteiger partial charge in [-0.3, -0.25) is 4.79 Å². The summed E-state index contributed by atoms with van der Waals surface area (Å²) in [7, 11) is 0. The number of carbonyl (C=O) groups is 1. The molecular formula is C20H22F3N2O+. The van der Waals surface area contributed by atoms with Gasteiger partial charge < -0.3 is 10.2 Å². The number of amides is 1. The monoisotopic (exact) mass is 363 g/mol. The van der Waals surface area contributed by atoms with Gasteiger partial charge in [-0.15, -0.1) is 0 Å². The Morgan fingerprint density at radius 3 is 2.31 bits per heavy atom. The van der Waals surface area contributed by atoms with Crippen molar-refractivity contribution in [2.45, 2.75) is 32.1 Å². The first-order valence-corrected chi connectivity index (χ1v) is 8.79. The van der Waals surface area contributed by atoms with Gasteiger partial charge in [0.15, 0.2) is 0 Å². The van der Waals surface area contributed by atoms with Crippen molar-refractivity contribution in [2.75, 3.05) is 13.1 Å². The largest absolute Gasteiger partial charge is 0.416 e. The first kappa shape index (κ1) is 18.5. The second-order valence-corrected chi connectivity index (χ2v) is 6.71. The van der Waals surface area contributed by atoms with E-state index in [0.717, 1.165) is 24.2 Å². The Morgan fingerprint density at radius 2 is 1.65 bits per heavy atom. The standard InChI is InChI=1S/C20H21F3N2O/c21-20(22,23)18-5-3-4-17(12-18)19(26)24-13-15-6-8-16(9-7-15)14-25-10-1-2-11-25/h3-9,12H,1-2,10-11,13-14H2,(H,24,26)/p+1. The van der Waals surface area contributed by atoms with E-state index in [1.54, 1.807) is 4.90 Å². The first-order valence-electron chi connectivity index (χ1n) is 8.79. The molecule has 0 unspecified atom stereocenters. The summed E-state index contributed by atoms with van der Waals surface area (Å²) in [5.41, 5.74) is 1.37. The van der Waals surface area contributed by atoms with Crippen LogP contribution in [0.2, 0.25) is 0 Å². The number of likely N-dealkylation sites (tertiary alicyclic amines) is 1. The number of hydrogen-bond donors (Lipinski definition) is 2. The van der Waals surface area contributed by atoms with Gasteiger partial charge in [0.25, 0.3) is 5.91 Å². The molecule has 1 fully saturated rings. The van der Waals surface area contributed by atoms with E-state index in [-0.39, 0.29) is 12.1 Å². The number of halogens is 3. The fraction of sp³-hybridized carbons (Fsp3) is 0.350. The highest BCUT2D eigenvalue weighted by Gasteiger charge is 2.30. The maximum Gasteiger partial charge on any atom is 0.416 e. The van der Waals surface area contributed by atoms with Crippen molar-refractivity contribution in [3.05, 3.63) is 70.8 Å². The lowest BCUT2D eigenvalue weighted by molar-refractivity contribution is -0.901. The molecular weight excluding hydrogens is 341 g/mol. The van der Waals surface area contributed by atoms with Crippen LogP contribution in [0.25, 0.3) is 0 Å². The molecule has 2 aromatic rings. The molecule has 0 bridgehead atoms. The smallest absolute Gasteiger partial charge is 0.348 e. The molecule has 1 heterocycles. The second-order valence-electron chi connectivity index (χ2n) is 6.71. The number of carbonyl (C=O) groups excluding carboxylic acids is 1. The number of rotatable bonds is 5. The lowest BCUT2D eigenvalue weighted by Crippen LogP contribution is -3.08. The Bertz CT molecular complexity index is 750. The van der Waals surface area contributed by atoms with Crippen molar-refractivity contribution >= 4 is 5.91 Å². The van der Waals surface area contributed by atoms with Crippen LogP contribution in [-0.2, 0) is 19.3 Å². The molecule has 138 valence electrons. The summed E-state index contributed by atoms with van der Waals surface area (Å²) in [6.07, 6.45) is -1.88. The zero-order valence-corrected chi connectivity index (χ0v) is 14.4. The fourth-order valence-corrected chi connectivity index (χ4v) is 3.24. The normalized spacial score (nSPS) is 15.2. The Hall–Kier alpha value is -2.34. The predicted octanol–water partition coefficient (Wildman–Crippen LogP) is 2.81. The minimum Gasteiger partial charge on any atom is -0.348 e. The average Bonchev–Trinajstić information content (AvgIpc) is 3.13. The molecule has 0 aliphatic carbocycles. The summed E-state index contributed by atoms with van der Waals surface area (Å²) in [4.78, 5) is 13.7. The van der Waals surface area contributed by atoms with Crippen LogP contribution < -0.4 is 10.2 Å².